The van der Waals surface area contributed by atoms with E-state index in [1.165, 1.54) is 18.4 Å². The molecule has 0 radical (unpaired) electrons. The van der Waals surface area contributed by atoms with E-state index in [0.717, 1.165) is 30.0 Å². The van der Waals surface area contributed by atoms with Crippen LogP contribution in [-0.2, 0) is 16.6 Å². The van der Waals surface area contributed by atoms with Crippen LogP contribution >= 0.6 is 11.3 Å². The molecule has 0 saturated heterocycles. The molecule has 1 heterocycles. The molecule has 1 aromatic heterocycles. The SMILES string of the molecule is CCCNCc1sc(S(=O)(=O)NC)cc1C. The van der Waals surface area contributed by atoms with E-state index in [1.807, 2.05) is 6.92 Å². The number of nitrogens with one attached hydrogen (secondary N) is 2. The Morgan fingerprint density at radius 1 is 1.44 bits per heavy atom. The van der Waals surface area contributed by atoms with Crippen LogP contribution in [0.1, 0.15) is 23.8 Å². The van der Waals surface area contributed by atoms with Crippen LogP contribution in [0, 0.1) is 6.92 Å². The highest BCUT2D eigenvalue weighted by atomic mass is 32.2. The predicted molar refractivity (Wildman–Crippen MR) is 67.3 cm³/mol. The molecular formula is C10H18N2O2S2. The van der Waals surface area contributed by atoms with Gasteiger partial charge in [0.15, 0.2) is 0 Å². The third-order valence-electron chi connectivity index (χ3n) is 2.24. The van der Waals surface area contributed by atoms with Crippen molar-refractivity contribution in [1.82, 2.24) is 10.0 Å². The minimum Gasteiger partial charge on any atom is -0.312 e. The molecule has 0 aromatic carbocycles. The summed E-state index contributed by atoms with van der Waals surface area (Å²) < 4.78 is 25.9. The minimum absolute atomic E-state index is 0.390. The minimum atomic E-state index is -3.29. The molecular weight excluding hydrogens is 244 g/mol. The zero-order valence-electron chi connectivity index (χ0n) is 9.83. The van der Waals surface area contributed by atoms with Crippen molar-refractivity contribution < 1.29 is 8.42 Å². The van der Waals surface area contributed by atoms with Crippen molar-refractivity contribution in [2.45, 2.75) is 31.0 Å². The Balaban J connectivity index is 2.82. The molecule has 1 aromatic rings. The quantitative estimate of drug-likeness (QED) is 0.763. The number of hydrogen-bond acceptors (Lipinski definition) is 4. The fourth-order valence-electron chi connectivity index (χ4n) is 1.28. The van der Waals surface area contributed by atoms with Crippen molar-refractivity contribution in [2.24, 2.45) is 0 Å². The Morgan fingerprint density at radius 2 is 2.12 bits per heavy atom. The zero-order valence-corrected chi connectivity index (χ0v) is 11.5. The van der Waals surface area contributed by atoms with Crippen LogP contribution in [0.15, 0.2) is 10.3 Å². The molecule has 0 unspecified atom stereocenters. The van der Waals surface area contributed by atoms with Crippen LogP contribution in [-0.4, -0.2) is 22.0 Å². The first-order chi connectivity index (χ1) is 7.51. The molecule has 0 atom stereocenters. The fraction of sp³-hybridized carbons (Fsp3) is 0.600. The third-order valence-corrected chi connectivity index (χ3v) is 5.37. The highest BCUT2D eigenvalue weighted by Crippen LogP contribution is 2.25. The van der Waals surface area contributed by atoms with Gasteiger partial charge in [0.2, 0.25) is 10.0 Å². The molecule has 0 amide bonds. The van der Waals surface area contributed by atoms with E-state index < -0.39 is 10.0 Å². The number of rotatable bonds is 6. The van der Waals surface area contributed by atoms with Crippen molar-refractivity contribution in [3.8, 4) is 0 Å². The molecule has 6 heteroatoms. The number of sulfonamides is 1. The van der Waals surface area contributed by atoms with Gasteiger partial charge in [-0.25, -0.2) is 13.1 Å². The van der Waals surface area contributed by atoms with E-state index in [1.54, 1.807) is 6.07 Å². The van der Waals surface area contributed by atoms with Gasteiger partial charge in [0, 0.05) is 11.4 Å². The Hall–Kier alpha value is -0.430. The van der Waals surface area contributed by atoms with Gasteiger partial charge in [-0.05, 0) is 38.6 Å². The Morgan fingerprint density at radius 3 is 2.69 bits per heavy atom. The van der Waals surface area contributed by atoms with Gasteiger partial charge in [-0.15, -0.1) is 11.3 Å². The summed E-state index contributed by atoms with van der Waals surface area (Å²) in [6.07, 6.45) is 1.08. The first kappa shape index (κ1) is 13.6. The van der Waals surface area contributed by atoms with Gasteiger partial charge < -0.3 is 5.32 Å². The summed E-state index contributed by atoms with van der Waals surface area (Å²) in [6, 6.07) is 1.72. The molecule has 0 spiro atoms. The van der Waals surface area contributed by atoms with Gasteiger partial charge in [-0.1, -0.05) is 6.92 Å². The Kier molecular flexibility index (Phi) is 4.91. The summed E-state index contributed by atoms with van der Waals surface area (Å²) in [5.41, 5.74) is 1.03. The van der Waals surface area contributed by atoms with Crippen LogP contribution < -0.4 is 10.0 Å². The van der Waals surface area contributed by atoms with Gasteiger partial charge in [-0.3, -0.25) is 0 Å². The van der Waals surface area contributed by atoms with Crippen LogP contribution in [0.2, 0.25) is 0 Å². The second kappa shape index (κ2) is 5.77. The molecule has 0 bridgehead atoms. The summed E-state index contributed by atoms with van der Waals surface area (Å²) in [5.74, 6) is 0. The fourth-order valence-corrected chi connectivity index (χ4v) is 3.67. The molecule has 92 valence electrons. The van der Waals surface area contributed by atoms with Gasteiger partial charge in [-0.2, -0.15) is 0 Å². The predicted octanol–water partition coefficient (Wildman–Crippen LogP) is 1.46. The highest BCUT2D eigenvalue weighted by molar-refractivity contribution is 7.91. The average Bonchev–Trinajstić information content (AvgIpc) is 2.62. The van der Waals surface area contributed by atoms with Gasteiger partial charge >= 0.3 is 0 Å². The molecule has 16 heavy (non-hydrogen) atoms. The maximum absolute atomic E-state index is 11.6. The molecule has 0 aliphatic heterocycles. The summed E-state index contributed by atoms with van der Waals surface area (Å²) in [4.78, 5) is 1.09. The van der Waals surface area contributed by atoms with Crippen LogP contribution in [0.4, 0.5) is 0 Å². The molecule has 0 saturated carbocycles. The number of hydrogen-bond donors (Lipinski definition) is 2. The van der Waals surface area contributed by atoms with E-state index in [9.17, 15) is 8.42 Å². The number of aryl methyl sites for hydroxylation is 1. The van der Waals surface area contributed by atoms with E-state index >= 15 is 0 Å². The monoisotopic (exact) mass is 262 g/mol. The van der Waals surface area contributed by atoms with E-state index in [4.69, 9.17) is 0 Å². The van der Waals surface area contributed by atoms with Gasteiger partial charge in [0.1, 0.15) is 4.21 Å². The Bertz CT molecular complexity index is 438. The summed E-state index contributed by atoms with van der Waals surface area (Å²) in [7, 11) is -1.86. The van der Waals surface area contributed by atoms with E-state index in [2.05, 4.69) is 17.0 Å². The van der Waals surface area contributed by atoms with E-state index in [0.29, 0.717) is 4.21 Å². The van der Waals surface area contributed by atoms with Gasteiger partial charge in [0.25, 0.3) is 0 Å². The maximum Gasteiger partial charge on any atom is 0.249 e. The molecule has 1 rings (SSSR count). The van der Waals surface area contributed by atoms with Crippen molar-refractivity contribution in [2.75, 3.05) is 13.6 Å². The summed E-state index contributed by atoms with van der Waals surface area (Å²) >= 11 is 1.33. The average molecular weight is 262 g/mol. The number of thiophene rings is 1. The molecule has 4 nitrogen and oxygen atoms in total. The second-order valence-corrected chi connectivity index (χ2v) is 6.81. The molecule has 0 aliphatic carbocycles. The first-order valence-electron chi connectivity index (χ1n) is 5.24. The van der Waals surface area contributed by atoms with Crippen LogP contribution in [0.3, 0.4) is 0 Å². The largest absolute Gasteiger partial charge is 0.312 e. The van der Waals surface area contributed by atoms with Gasteiger partial charge in [0.05, 0.1) is 0 Å². The lowest BCUT2D eigenvalue weighted by molar-refractivity contribution is 0.590. The summed E-state index contributed by atoms with van der Waals surface area (Å²) in [6.45, 7) is 5.73. The Labute approximate surface area is 101 Å². The van der Waals surface area contributed by atoms with Crippen molar-refractivity contribution in [3.05, 3.63) is 16.5 Å². The van der Waals surface area contributed by atoms with Crippen molar-refractivity contribution in [1.29, 1.82) is 0 Å². The normalized spacial score (nSPS) is 11.9. The lowest BCUT2D eigenvalue weighted by Gasteiger charge is -2.01. The smallest absolute Gasteiger partial charge is 0.249 e. The zero-order chi connectivity index (χ0) is 12.2. The van der Waals surface area contributed by atoms with Crippen molar-refractivity contribution in [3.63, 3.8) is 0 Å². The molecule has 2 N–H and O–H groups in total. The second-order valence-electron chi connectivity index (χ2n) is 3.56. The third kappa shape index (κ3) is 3.28. The van der Waals surface area contributed by atoms with Crippen LogP contribution in [0.25, 0.3) is 0 Å². The lowest BCUT2D eigenvalue weighted by atomic mass is 10.3. The first-order valence-corrected chi connectivity index (χ1v) is 7.54. The summed E-state index contributed by atoms with van der Waals surface area (Å²) in [5, 5.41) is 3.27. The van der Waals surface area contributed by atoms with E-state index in [-0.39, 0.29) is 0 Å². The standard InChI is InChI=1S/C10H18N2O2S2/c1-4-5-12-7-9-8(2)6-10(15-9)16(13,14)11-3/h6,11-12H,4-5,7H2,1-3H3. The lowest BCUT2D eigenvalue weighted by Crippen LogP contribution is -2.17. The molecule has 0 fully saturated rings. The van der Waals surface area contributed by atoms with Crippen LogP contribution in [0.5, 0.6) is 0 Å². The molecule has 0 aliphatic rings. The maximum atomic E-state index is 11.6. The highest BCUT2D eigenvalue weighted by Gasteiger charge is 2.16. The van der Waals surface area contributed by atoms with Crippen molar-refractivity contribution >= 4 is 21.4 Å². The topological polar surface area (TPSA) is 58.2 Å².